The van der Waals surface area contributed by atoms with Crippen LogP contribution in [0.2, 0.25) is 10.0 Å². The molecule has 22 heavy (non-hydrogen) atoms. The number of hydrogen-bond donors (Lipinski definition) is 1. The maximum absolute atomic E-state index is 12.3. The molecule has 1 N–H and O–H groups in total. The Balaban J connectivity index is 2.17. The Morgan fingerprint density at radius 1 is 1.18 bits per heavy atom. The summed E-state index contributed by atoms with van der Waals surface area (Å²) in [4.78, 5) is 12.3. The van der Waals surface area contributed by atoms with Gasteiger partial charge >= 0.3 is 0 Å². The molecule has 0 saturated carbocycles. The number of nitrogens with one attached hydrogen (secondary N) is 1. The zero-order valence-electron chi connectivity index (χ0n) is 12.4. The second-order valence-electron chi connectivity index (χ2n) is 5.28. The van der Waals surface area contributed by atoms with Crippen molar-refractivity contribution in [2.45, 2.75) is 13.8 Å². The molecule has 2 rings (SSSR count). The predicted molar refractivity (Wildman–Crippen MR) is 91.2 cm³/mol. The fourth-order valence-corrected chi connectivity index (χ4v) is 2.31. The van der Waals surface area contributed by atoms with E-state index in [9.17, 15) is 4.79 Å². The van der Waals surface area contributed by atoms with Gasteiger partial charge in [0.2, 0.25) is 0 Å². The first-order valence-corrected chi connectivity index (χ1v) is 7.71. The van der Waals surface area contributed by atoms with E-state index in [4.69, 9.17) is 27.9 Å². The molecule has 0 atom stereocenters. The highest BCUT2D eigenvalue weighted by atomic mass is 35.5. The van der Waals surface area contributed by atoms with E-state index in [1.54, 1.807) is 24.3 Å². The third-order valence-corrected chi connectivity index (χ3v) is 3.43. The van der Waals surface area contributed by atoms with Crippen molar-refractivity contribution in [1.29, 1.82) is 0 Å². The summed E-state index contributed by atoms with van der Waals surface area (Å²) < 4.78 is 5.72. The van der Waals surface area contributed by atoms with Crippen LogP contribution in [-0.2, 0) is 0 Å². The van der Waals surface area contributed by atoms with Gasteiger partial charge in [0.15, 0.2) is 0 Å². The van der Waals surface area contributed by atoms with Crippen molar-refractivity contribution in [3.63, 3.8) is 0 Å². The normalized spacial score (nSPS) is 10.6. The molecule has 0 heterocycles. The zero-order chi connectivity index (χ0) is 16.1. The lowest BCUT2D eigenvalue weighted by atomic mass is 10.2. The highest BCUT2D eigenvalue weighted by Gasteiger charge is 2.13. The third kappa shape index (κ3) is 4.39. The summed E-state index contributed by atoms with van der Waals surface area (Å²) in [6, 6.07) is 12.1. The number of ether oxygens (including phenoxy) is 1. The van der Waals surface area contributed by atoms with Crippen molar-refractivity contribution >= 4 is 34.8 Å². The number of carbonyl (C=O) groups excluding carboxylic acids is 1. The largest absolute Gasteiger partial charge is 0.491 e. The lowest BCUT2D eigenvalue weighted by molar-refractivity contribution is 0.102. The highest BCUT2D eigenvalue weighted by Crippen LogP contribution is 2.27. The molecule has 5 heteroatoms. The summed E-state index contributed by atoms with van der Waals surface area (Å²) in [6.07, 6.45) is 0. The van der Waals surface area contributed by atoms with Crippen molar-refractivity contribution in [2.24, 2.45) is 5.92 Å². The minimum absolute atomic E-state index is 0.303. The van der Waals surface area contributed by atoms with Gasteiger partial charge in [-0.15, -0.1) is 0 Å². The molecule has 0 bridgehead atoms. The number of carbonyl (C=O) groups is 1. The van der Waals surface area contributed by atoms with Gasteiger partial charge < -0.3 is 10.1 Å². The molecule has 0 unspecified atom stereocenters. The second-order valence-corrected chi connectivity index (χ2v) is 6.12. The minimum Gasteiger partial charge on any atom is -0.491 e. The number of rotatable bonds is 5. The van der Waals surface area contributed by atoms with E-state index in [1.807, 2.05) is 18.2 Å². The molecule has 0 saturated heterocycles. The average molecular weight is 338 g/mol. The van der Waals surface area contributed by atoms with E-state index in [1.165, 1.54) is 0 Å². The van der Waals surface area contributed by atoms with Crippen LogP contribution < -0.4 is 10.1 Å². The van der Waals surface area contributed by atoms with Crippen molar-refractivity contribution in [2.75, 3.05) is 11.9 Å². The van der Waals surface area contributed by atoms with Crippen LogP contribution in [0.3, 0.4) is 0 Å². The molecule has 116 valence electrons. The van der Waals surface area contributed by atoms with Crippen molar-refractivity contribution in [3.05, 3.63) is 58.1 Å². The van der Waals surface area contributed by atoms with Gasteiger partial charge in [-0.3, -0.25) is 4.79 Å². The van der Waals surface area contributed by atoms with E-state index in [-0.39, 0.29) is 5.91 Å². The minimum atomic E-state index is -0.303. The first-order valence-electron chi connectivity index (χ1n) is 6.95. The van der Waals surface area contributed by atoms with Gasteiger partial charge in [0.25, 0.3) is 5.91 Å². The molecule has 1 amide bonds. The van der Waals surface area contributed by atoms with Gasteiger partial charge in [-0.05, 0) is 36.2 Å². The molecule has 0 aliphatic heterocycles. The summed E-state index contributed by atoms with van der Waals surface area (Å²) in [6.45, 7) is 4.71. The molecule has 2 aromatic carbocycles. The number of hydrogen-bond acceptors (Lipinski definition) is 2. The van der Waals surface area contributed by atoms with Gasteiger partial charge in [-0.25, -0.2) is 0 Å². The third-order valence-electron chi connectivity index (χ3n) is 2.88. The van der Waals surface area contributed by atoms with Gasteiger partial charge in [0, 0.05) is 5.02 Å². The quantitative estimate of drug-likeness (QED) is 0.805. The SMILES string of the molecule is CC(C)COc1ccccc1NC(=O)c1ccc(Cl)cc1Cl. The summed E-state index contributed by atoms with van der Waals surface area (Å²) >= 11 is 11.9. The van der Waals surface area contributed by atoms with E-state index < -0.39 is 0 Å². The number of halogens is 2. The number of benzene rings is 2. The van der Waals surface area contributed by atoms with Crippen molar-refractivity contribution in [3.8, 4) is 5.75 Å². The van der Waals surface area contributed by atoms with Gasteiger partial charge in [-0.1, -0.05) is 49.2 Å². The second kappa shape index (κ2) is 7.52. The molecular formula is C17H17Cl2NO2. The van der Waals surface area contributed by atoms with Crippen LogP contribution in [0.5, 0.6) is 5.75 Å². The van der Waals surface area contributed by atoms with Crippen LogP contribution in [0.1, 0.15) is 24.2 Å². The maximum atomic E-state index is 12.3. The van der Waals surface area contributed by atoms with Crippen LogP contribution >= 0.6 is 23.2 Å². The fraction of sp³-hybridized carbons (Fsp3) is 0.235. The van der Waals surface area contributed by atoms with E-state index in [0.29, 0.717) is 39.6 Å². The van der Waals surface area contributed by atoms with Crippen LogP contribution in [0, 0.1) is 5.92 Å². The smallest absolute Gasteiger partial charge is 0.257 e. The Bertz CT molecular complexity index is 671. The average Bonchev–Trinajstić information content (AvgIpc) is 2.46. The first-order chi connectivity index (χ1) is 10.5. The lowest BCUT2D eigenvalue weighted by Gasteiger charge is -2.14. The molecule has 0 radical (unpaired) electrons. The number of anilines is 1. The van der Waals surface area contributed by atoms with Crippen LogP contribution in [-0.4, -0.2) is 12.5 Å². The van der Waals surface area contributed by atoms with Crippen molar-refractivity contribution < 1.29 is 9.53 Å². The summed E-state index contributed by atoms with van der Waals surface area (Å²) in [5.41, 5.74) is 0.976. The summed E-state index contributed by atoms with van der Waals surface area (Å²) in [5.74, 6) is 0.728. The Kier molecular flexibility index (Phi) is 5.69. The number of para-hydroxylation sites is 2. The Hall–Kier alpha value is -1.71. The van der Waals surface area contributed by atoms with E-state index >= 15 is 0 Å². The Labute approximate surface area is 140 Å². The molecular weight excluding hydrogens is 321 g/mol. The molecule has 0 aliphatic carbocycles. The first kappa shape index (κ1) is 16.7. The Morgan fingerprint density at radius 3 is 2.59 bits per heavy atom. The Morgan fingerprint density at radius 2 is 1.91 bits per heavy atom. The standard InChI is InChI=1S/C17H17Cl2NO2/c1-11(2)10-22-16-6-4-3-5-15(16)20-17(21)13-8-7-12(18)9-14(13)19/h3-9,11H,10H2,1-2H3,(H,20,21). The van der Waals surface area contributed by atoms with Crippen molar-refractivity contribution in [1.82, 2.24) is 0 Å². The molecule has 0 aromatic heterocycles. The molecule has 0 spiro atoms. The fourth-order valence-electron chi connectivity index (χ4n) is 1.82. The lowest BCUT2D eigenvalue weighted by Crippen LogP contribution is -2.14. The van der Waals surface area contributed by atoms with Gasteiger partial charge in [-0.2, -0.15) is 0 Å². The molecule has 3 nitrogen and oxygen atoms in total. The van der Waals surface area contributed by atoms with E-state index in [0.717, 1.165) is 0 Å². The summed E-state index contributed by atoms with van der Waals surface area (Å²) in [5, 5.41) is 3.62. The number of amides is 1. The monoisotopic (exact) mass is 337 g/mol. The van der Waals surface area contributed by atoms with Crippen LogP contribution in [0.15, 0.2) is 42.5 Å². The molecule has 0 fully saturated rings. The predicted octanol–water partition coefficient (Wildman–Crippen LogP) is 5.28. The van der Waals surface area contributed by atoms with E-state index in [2.05, 4.69) is 19.2 Å². The van der Waals surface area contributed by atoms with Gasteiger partial charge in [0.05, 0.1) is 22.9 Å². The summed E-state index contributed by atoms with van der Waals surface area (Å²) in [7, 11) is 0. The van der Waals surface area contributed by atoms with Gasteiger partial charge in [0.1, 0.15) is 5.75 Å². The van der Waals surface area contributed by atoms with Crippen LogP contribution in [0.25, 0.3) is 0 Å². The molecule has 2 aromatic rings. The maximum Gasteiger partial charge on any atom is 0.257 e. The molecule has 0 aliphatic rings. The highest BCUT2D eigenvalue weighted by molar-refractivity contribution is 6.37. The zero-order valence-corrected chi connectivity index (χ0v) is 13.9. The topological polar surface area (TPSA) is 38.3 Å². The van der Waals surface area contributed by atoms with Crippen LogP contribution in [0.4, 0.5) is 5.69 Å².